The van der Waals surface area contributed by atoms with E-state index in [0.717, 1.165) is 54.5 Å². The van der Waals surface area contributed by atoms with Crippen molar-refractivity contribution in [1.82, 2.24) is 4.90 Å². The van der Waals surface area contributed by atoms with Gasteiger partial charge in [0.05, 0.1) is 18.0 Å². The number of amides is 2. The van der Waals surface area contributed by atoms with Crippen molar-refractivity contribution in [3.63, 3.8) is 0 Å². The first-order valence-electron chi connectivity index (χ1n) is 17.2. The zero-order valence-corrected chi connectivity index (χ0v) is 27.6. The molecule has 0 bridgehead atoms. The van der Waals surface area contributed by atoms with Crippen molar-refractivity contribution < 1.29 is 31.9 Å². The van der Waals surface area contributed by atoms with Crippen molar-refractivity contribution in [3.8, 4) is 11.1 Å². The molecule has 1 heterocycles. The highest BCUT2D eigenvalue weighted by atomic mass is 19.4. The minimum atomic E-state index is -4.48. The fourth-order valence-electron chi connectivity index (χ4n) is 7.53. The van der Waals surface area contributed by atoms with Crippen molar-refractivity contribution in [2.24, 2.45) is 11.8 Å². The maximum absolute atomic E-state index is 14.1. The molecular weight excluding hydrogens is 630 g/mol. The van der Waals surface area contributed by atoms with Crippen LogP contribution >= 0.6 is 0 Å². The van der Waals surface area contributed by atoms with Gasteiger partial charge in [0.25, 0.3) is 0 Å². The second-order valence-electron chi connectivity index (χ2n) is 13.6. The molecule has 2 aliphatic rings. The van der Waals surface area contributed by atoms with Gasteiger partial charge in [-0.15, -0.1) is 0 Å². The highest BCUT2D eigenvalue weighted by Gasteiger charge is 2.38. The highest BCUT2D eigenvalue weighted by Crippen LogP contribution is 2.43. The van der Waals surface area contributed by atoms with E-state index < -0.39 is 29.8 Å². The fraction of sp³-hybridized carbons (Fsp3) is 0.366. The molecular formula is C41H41F4NO3. The molecule has 2 fully saturated rings. The lowest BCUT2D eigenvalue weighted by atomic mass is 9.75. The number of hydrogen-bond acceptors (Lipinski definition) is 3. The number of nitrogens with zero attached hydrogens (tertiary/aromatic N) is 1. The van der Waals surface area contributed by atoms with Gasteiger partial charge >= 0.3 is 12.3 Å². The lowest BCUT2D eigenvalue weighted by Gasteiger charge is -2.29. The third-order valence-corrected chi connectivity index (χ3v) is 10.3. The summed E-state index contributed by atoms with van der Waals surface area (Å²) in [4.78, 5) is 27.6. The van der Waals surface area contributed by atoms with E-state index in [4.69, 9.17) is 4.74 Å². The maximum Gasteiger partial charge on any atom is 0.416 e. The minimum Gasteiger partial charge on any atom is -0.447 e. The fourth-order valence-corrected chi connectivity index (χ4v) is 7.53. The lowest BCUT2D eigenvalue weighted by Crippen LogP contribution is -2.41. The molecule has 0 spiro atoms. The summed E-state index contributed by atoms with van der Waals surface area (Å²) in [5.74, 6) is 0.0185. The molecule has 4 nitrogen and oxygen atoms in total. The van der Waals surface area contributed by atoms with Crippen LogP contribution in [-0.4, -0.2) is 29.5 Å². The van der Waals surface area contributed by atoms with Crippen LogP contribution in [0.1, 0.15) is 79.2 Å². The molecule has 256 valence electrons. The van der Waals surface area contributed by atoms with E-state index in [1.807, 2.05) is 48.5 Å². The van der Waals surface area contributed by atoms with Crippen LogP contribution in [0.4, 0.5) is 22.4 Å². The Morgan fingerprint density at radius 3 is 2.31 bits per heavy atom. The van der Waals surface area contributed by atoms with Crippen LogP contribution in [0, 0.1) is 17.7 Å². The van der Waals surface area contributed by atoms with Gasteiger partial charge in [0.15, 0.2) is 0 Å². The summed E-state index contributed by atoms with van der Waals surface area (Å²) in [7, 11) is 0. The Balaban J connectivity index is 1.37. The monoisotopic (exact) mass is 671 g/mol. The SMILES string of the molecule is CC1CCCCCC1CC(c1ccc(F)cc1)c1ccc(CC(=O)N2C(=O)OCC2Cc2ccccc2)cc1-c1ccc(C(F)(F)F)cc1. The number of carbonyl (C=O) groups is 2. The Morgan fingerprint density at radius 1 is 0.878 bits per heavy atom. The number of imide groups is 1. The molecule has 4 aromatic carbocycles. The molecule has 0 N–H and O–H groups in total. The molecule has 6 rings (SSSR count). The predicted molar refractivity (Wildman–Crippen MR) is 181 cm³/mol. The van der Waals surface area contributed by atoms with Crippen molar-refractivity contribution in [3.05, 3.63) is 131 Å². The summed E-state index contributed by atoms with van der Waals surface area (Å²) < 4.78 is 60.1. The molecule has 49 heavy (non-hydrogen) atoms. The zero-order valence-electron chi connectivity index (χ0n) is 27.6. The largest absolute Gasteiger partial charge is 0.447 e. The van der Waals surface area contributed by atoms with Crippen LogP contribution in [0.5, 0.6) is 0 Å². The third-order valence-electron chi connectivity index (χ3n) is 10.3. The Bertz CT molecular complexity index is 1740. The Labute approximate surface area is 285 Å². The van der Waals surface area contributed by atoms with Gasteiger partial charge in [0.1, 0.15) is 12.4 Å². The van der Waals surface area contributed by atoms with Crippen molar-refractivity contribution in [2.75, 3.05) is 6.61 Å². The van der Waals surface area contributed by atoms with Crippen LogP contribution in [0.25, 0.3) is 11.1 Å². The quantitative estimate of drug-likeness (QED) is 0.131. The number of ether oxygens (including phenoxy) is 1. The molecule has 1 aliphatic carbocycles. The van der Waals surface area contributed by atoms with Crippen LogP contribution in [0.15, 0.2) is 97.1 Å². The van der Waals surface area contributed by atoms with E-state index in [0.29, 0.717) is 34.9 Å². The first-order valence-corrected chi connectivity index (χ1v) is 17.2. The molecule has 1 saturated carbocycles. The van der Waals surface area contributed by atoms with Crippen molar-refractivity contribution in [2.45, 2.75) is 76.4 Å². The van der Waals surface area contributed by atoms with Crippen molar-refractivity contribution >= 4 is 12.0 Å². The van der Waals surface area contributed by atoms with Crippen LogP contribution in [-0.2, 0) is 28.5 Å². The van der Waals surface area contributed by atoms with Gasteiger partial charge in [-0.25, -0.2) is 14.1 Å². The number of benzene rings is 4. The van der Waals surface area contributed by atoms with Gasteiger partial charge in [-0.2, -0.15) is 13.2 Å². The molecule has 0 aromatic heterocycles. The molecule has 4 aromatic rings. The molecule has 4 atom stereocenters. The topological polar surface area (TPSA) is 46.6 Å². The number of rotatable bonds is 9. The van der Waals surface area contributed by atoms with Gasteiger partial charge in [0, 0.05) is 5.92 Å². The molecule has 8 heteroatoms. The lowest BCUT2D eigenvalue weighted by molar-refractivity contribution is -0.137. The number of alkyl halides is 3. The van der Waals surface area contributed by atoms with Crippen LogP contribution < -0.4 is 0 Å². The van der Waals surface area contributed by atoms with E-state index in [-0.39, 0.29) is 24.8 Å². The summed E-state index contributed by atoms with van der Waals surface area (Å²) in [5.41, 5.74) is 3.98. The van der Waals surface area contributed by atoms with Gasteiger partial charge in [-0.05, 0) is 82.3 Å². The Kier molecular flexibility index (Phi) is 10.5. The molecule has 2 amide bonds. The van der Waals surface area contributed by atoms with E-state index in [1.54, 1.807) is 12.1 Å². The number of cyclic esters (lactones) is 1. The van der Waals surface area contributed by atoms with E-state index in [1.165, 1.54) is 42.0 Å². The van der Waals surface area contributed by atoms with E-state index in [9.17, 15) is 27.2 Å². The molecule has 4 unspecified atom stereocenters. The first-order chi connectivity index (χ1) is 23.6. The summed E-state index contributed by atoms with van der Waals surface area (Å²) >= 11 is 0. The number of hydrogen-bond donors (Lipinski definition) is 0. The molecule has 1 saturated heterocycles. The molecule has 1 aliphatic heterocycles. The first kappa shape index (κ1) is 34.4. The van der Waals surface area contributed by atoms with Crippen LogP contribution in [0.2, 0.25) is 0 Å². The Morgan fingerprint density at radius 2 is 1.59 bits per heavy atom. The predicted octanol–water partition coefficient (Wildman–Crippen LogP) is 10.4. The molecule has 0 radical (unpaired) electrons. The number of halogens is 4. The smallest absolute Gasteiger partial charge is 0.416 e. The second-order valence-corrected chi connectivity index (χ2v) is 13.6. The number of carbonyl (C=O) groups excluding carboxylic acids is 2. The minimum absolute atomic E-state index is 0.0881. The average molecular weight is 672 g/mol. The summed E-state index contributed by atoms with van der Waals surface area (Å²) in [6.07, 6.45) is 1.76. The summed E-state index contributed by atoms with van der Waals surface area (Å²) in [5, 5.41) is 0. The zero-order chi connectivity index (χ0) is 34.5. The van der Waals surface area contributed by atoms with Gasteiger partial charge < -0.3 is 4.74 Å². The average Bonchev–Trinajstić information content (AvgIpc) is 3.33. The summed E-state index contributed by atoms with van der Waals surface area (Å²) in [6, 6.07) is 26.4. The maximum atomic E-state index is 14.1. The van der Waals surface area contributed by atoms with Gasteiger partial charge in [-0.3, -0.25) is 4.79 Å². The van der Waals surface area contributed by atoms with E-state index in [2.05, 4.69) is 6.92 Å². The van der Waals surface area contributed by atoms with Gasteiger partial charge in [-0.1, -0.05) is 112 Å². The van der Waals surface area contributed by atoms with Crippen molar-refractivity contribution in [1.29, 1.82) is 0 Å². The highest BCUT2D eigenvalue weighted by molar-refractivity contribution is 5.94. The Hall–Kier alpha value is -4.46. The van der Waals surface area contributed by atoms with Gasteiger partial charge in [0.2, 0.25) is 5.91 Å². The van der Waals surface area contributed by atoms with Crippen LogP contribution in [0.3, 0.4) is 0 Å². The standard InChI is InChI=1S/C41H41F4NO3/c1-27-8-4-2-7-11-32(27)25-38(31-15-19-34(42)20-16-31)36-21-12-29(23-37(36)30-13-17-33(18-14-30)41(43,44)45)24-39(47)46-35(26-49-40(46)48)22-28-9-5-3-6-10-28/h3,5-6,9-10,12-21,23,27,32,35,38H,2,4,7-8,11,22,24-26H2,1H3. The van der Waals surface area contributed by atoms with E-state index >= 15 is 0 Å². The third kappa shape index (κ3) is 8.23. The second kappa shape index (κ2) is 15.0. The normalized spacial score (nSPS) is 20.5. The summed E-state index contributed by atoms with van der Waals surface area (Å²) in [6.45, 7) is 2.39.